The summed E-state index contributed by atoms with van der Waals surface area (Å²) < 4.78 is 18.5. The minimum absolute atomic E-state index is 0.00430. The molecule has 9 heteroatoms. The fourth-order valence-corrected chi connectivity index (χ4v) is 5.34. The molecule has 4 rings (SSSR count). The molecule has 192 valence electrons. The quantitative estimate of drug-likeness (QED) is 0.638. The van der Waals surface area contributed by atoms with Crippen LogP contribution in [0.1, 0.15) is 38.2 Å². The van der Waals surface area contributed by atoms with E-state index in [0.29, 0.717) is 44.0 Å². The second kappa shape index (κ2) is 11.3. The topological polar surface area (TPSA) is 79.0 Å². The van der Waals surface area contributed by atoms with E-state index in [2.05, 4.69) is 5.32 Å². The molecule has 0 bridgehead atoms. The zero-order valence-electron chi connectivity index (χ0n) is 20.5. The number of rotatable bonds is 5. The van der Waals surface area contributed by atoms with Crippen molar-refractivity contribution in [3.05, 3.63) is 64.9 Å². The minimum atomic E-state index is -0.634. The molecular weight excluding hydrogens is 485 g/mol. The number of nitrogens with one attached hydrogen (secondary N) is 1. The third-order valence-corrected chi connectivity index (χ3v) is 7.53. The molecule has 36 heavy (non-hydrogen) atoms. The van der Waals surface area contributed by atoms with E-state index in [0.717, 1.165) is 5.56 Å². The summed E-state index contributed by atoms with van der Waals surface area (Å²) in [6, 6.07) is 12.5. The van der Waals surface area contributed by atoms with Gasteiger partial charge in [0, 0.05) is 61.9 Å². The van der Waals surface area contributed by atoms with Gasteiger partial charge >= 0.3 is 6.09 Å². The van der Waals surface area contributed by atoms with Crippen LogP contribution in [0, 0.1) is 17.7 Å². The summed E-state index contributed by atoms with van der Waals surface area (Å²) in [6.07, 6.45) is 0.678. The Labute approximate surface area is 215 Å². The summed E-state index contributed by atoms with van der Waals surface area (Å²) >= 11 is 6.10. The number of amides is 3. The Bertz CT molecular complexity index is 1090. The Morgan fingerprint density at radius 3 is 2.25 bits per heavy atom. The number of halogens is 2. The molecule has 2 aromatic rings. The summed E-state index contributed by atoms with van der Waals surface area (Å²) in [6.45, 7) is 5.68. The smallest absolute Gasteiger partial charge is 0.410 e. The number of nitrogens with zero attached hydrogens (tertiary/aromatic N) is 2. The van der Waals surface area contributed by atoms with Crippen molar-refractivity contribution < 1.29 is 23.5 Å². The van der Waals surface area contributed by atoms with Crippen LogP contribution in [0.4, 0.5) is 9.18 Å². The summed E-state index contributed by atoms with van der Waals surface area (Å²) in [4.78, 5) is 41.3. The van der Waals surface area contributed by atoms with Gasteiger partial charge in [0.2, 0.25) is 11.8 Å². The van der Waals surface area contributed by atoms with Crippen LogP contribution in [-0.4, -0.2) is 59.9 Å². The molecule has 2 fully saturated rings. The molecule has 2 aliphatic rings. The van der Waals surface area contributed by atoms with Crippen LogP contribution in [0.5, 0.6) is 5.75 Å². The molecule has 0 saturated carbocycles. The van der Waals surface area contributed by atoms with Crippen molar-refractivity contribution in [2.75, 3.05) is 26.2 Å². The van der Waals surface area contributed by atoms with Crippen LogP contribution in [0.15, 0.2) is 48.5 Å². The number of carbonyl (C=O) groups is 3. The van der Waals surface area contributed by atoms with E-state index in [1.807, 2.05) is 36.1 Å². The van der Waals surface area contributed by atoms with Crippen LogP contribution in [0.25, 0.3) is 0 Å². The van der Waals surface area contributed by atoms with Gasteiger partial charge in [0.25, 0.3) is 0 Å². The predicted octanol–water partition coefficient (Wildman–Crippen LogP) is 4.46. The Morgan fingerprint density at radius 2 is 1.64 bits per heavy atom. The van der Waals surface area contributed by atoms with E-state index >= 15 is 0 Å². The summed E-state index contributed by atoms with van der Waals surface area (Å²) in [5, 5.41) is 3.52. The lowest BCUT2D eigenvalue weighted by Gasteiger charge is -2.32. The monoisotopic (exact) mass is 515 g/mol. The standard InChI is InChI=1S/C27H31ClFN3O4/c1-17(30-27(35)36-23-9-7-22(29)8-10-23)24-15-32(16-25(24)19-3-5-21(28)6-4-19)26(34)20-11-13-31(14-12-20)18(2)33/h3-10,17,20,24-25H,11-16H2,1-2H3,(H,30,35)/t17?,24-,25-/m0/s1. The first-order valence-corrected chi connectivity index (χ1v) is 12.6. The van der Waals surface area contributed by atoms with Crippen LogP contribution in [0.2, 0.25) is 5.02 Å². The Hall–Kier alpha value is -3.13. The van der Waals surface area contributed by atoms with E-state index in [1.54, 1.807) is 11.8 Å². The zero-order chi connectivity index (χ0) is 25.8. The highest BCUT2D eigenvalue weighted by atomic mass is 35.5. The fraction of sp³-hybridized carbons (Fsp3) is 0.444. The lowest BCUT2D eigenvalue weighted by atomic mass is 9.84. The normalized spacial score (nSPS) is 21.2. The minimum Gasteiger partial charge on any atom is -0.410 e. The largest absolute Gasteiger partial charge is 0.412 e. The van der Waals surface area contributed by atoms with E-state index < -0.39 is 11.9 Å². The summed E-state index contributed by atoms with van der Waals surface area (Å²) in [7, 11) is 0. The fourth-order valence-electron chi connectivity index (χ4n) is 5.21. The lowest BCUT2D eigenvalue weighted by Crippen LogP contribution is -2.44. The van der Waals surface area contributed by atoms with Crippen LogP contribution in [0.3, 0.4) is 0 Å². The van der Waals surface area contributed by atoms with Gasteiger partial charge in [-0.15, -0.1) is 0 Å². The number of carbonyl (C=O) groups excluding carboxylic acids is 3. The van der Waals surface area contributed by atoms with Gasteiger partial charge in [0.15, 0.2) is 0 Å². The van der Waals surface area contributed by atoms with Gasteiger partial charge in [-0.25, -0.2) is 9.18 Å². The highest BCUT2D eigenvalue weighted by molar-refractivity contribution is 6.30. The van der Waals surface area contributed by atoms with Crippen molar-refractivity contribution in [2.24, 2.45) is 11.8 Å². The van der Waals surface area contributed by atoms with E-state index in [1.165, 1.54) is 24.3 Å². The first kappa shape index (κ1) is 25.9. The van der Waals surface area contributed by atoms with Gasteiger partial charge in [-0.1, -0.05) is 23.7 Å². The molecule has 2 aromatic carbocycles. The summed E-state index contributed by atoms with van der Waals surface area (Å²) in [5.41, 5.74) is 1.05. The molecule has 1 unspecified atom stereocenters. The van der Waals surface area contributed by atoms with Gasteiger partial charge < -0.3 is 19.9 Å². The lowest BCUT2D eigenvalue weighted by molar-refractivity contribution is -0.139. The van der Waals surface area contributed by atoms with Gasteiger partial charge in [-0.3, -0.25) is 9.59 Å². The average Bonchev–Trinajstić information content (AvgIpc) is 3.31. The van der Waals surface area contributed by atoms with E-state index in [4.69, 9.17) is 16.3 Å². The van der Waals surface area contributed by atoms with Crippen molar-refractivity contribution >= 4 is 29.5 Å². The number of piperidine rings is 1. The van der Waals surface area contributed by atoms with E-state index in [9.17, 15) is 18.8 Å². The molecule has 0 radical (unpaired) electrons. The molecular formula is C27H31ClFN3O4. The molecule has 7 nitrogen and oxygen atoms in total. The molecule has 3 atom stereocenters. The molecule has 0 aromatic heterocycles. The van der Waals surface area contributed by atoms with Crippen molar-refractivity contribution in [3.63, 3.8) is 0 Å². The van der Waals surface area contributed by atoms with Crippen molar-refractivity contribution in [3.8, 4) is 5.75 Å². The second-order valence-corrected chi connectivity index (χ2v) is 10.1. The number of ether oxygens (including phenoxy) is 1. The third kappa shape index (κ3) is 6.16. The Morgan fingerprint density at radius 1 is 1.00 bits per heavy atom. The highest BCUT2D eigenvalue weighted by Crippen LogP contribution is 2.37. The maximum Gasteiger partial charge on any atom is 0.412 e. The maximum atomic E-state index is 13.4. The molecule has 2 saturated heterocycles. The van der Waals surface area contributed by atoms with Crippen LogP contribution >= 0.6 is 11.6 Å². The van der Waals surface area contributed by atoms with Crippen LogP contribution < -0.4 is 10.1 Å². The number of hydrogen-bond acceptors (Lipinski definition) is 4. The molecule has 2 heterocycles. The first-order valence-electron chi connectivity index (χ1n) is 12.2. The van der Waals surface area contributed by atoms with Gasteiger partial charge in [-0.2, -0.15) is 0 Å². The third-order valence-electron chi connectivity index (χ3n) is 7.28. The molecule has 1 N–H and O–H groups in total. The number of hydrogen-bond donors (Lipinski definition) is 1. The van der Waals surface area contributed by atoms with Crippen molar-refractivity contribution in [1.82, 2.24) is 15.1 Å². The SMILES string of the molecule is CC(=O)N1CCC(C(=O)N2C[C@@H](c3ccc(Cl)cc3)[C@H](C(C)NC(=O)Oc3ccc(F)cc3)C2)CC1. The predicted molar refractivity (Wildman–Crippen MR) is 134 cm³/mol. The zero-order valence-corrected chi connectivity index (χ0v) is 21.2. The van der Waals surface area contributed by atoms with Gasteiger partial charge in [-0.05, 0) is 61.7 Å². The second-order valence-electron chi connectivity index (χ2n) is 9.62. The van der Waals surface area contributed by atoms with Crippen molar-refractivity contribution in [1.29, 1.82) is 0 Å². The summed E-state index contributed by atoms with van der Waals surface area (Å²) in [5.74, 6) is -0.187. The van der Waals surface area contributed by atoms with Crippen molar-refractivity contribution in [2.45, 2.75) is 38.6 Å². The molecule has 3 amide bonds. The van der Waals surface area contributed by atoms with Gasteiger partial charge in [0.05, 0.1) is 0 Å². The molecule has 0 spiro atoms. The Kier molecular flexibility index (Phi) is 8.14. The van der Waals surface area contributed by atoms with Crippen LogP contribution in [-0.2, 0) is 9.59 Å². The number of benzene rings is 2. The maximum absolute atomic E-state index is 13.4. The van der Waals surface area contributed by atoms with E-state index in [-0.39, 0.29) is 41.4 Å². The molecule has 0 aliphatic carbocycles. The Balaban J connectivity index is 1.45. The van der Waals surface area contributed by atoms with Gasteiger partial charge in [0.1, 0.15) is 11.6 Å². The highest BCUT2D eigenvalue weighted by Gasteiger charge is 2.41. The number of likely N-dealkylation sites (tertiary alicyclic amines) is 2. The average molecular weight is 516 g/mol. The molecule has 2 aliphatic heterocycles. The first-order chi connectivity index (χ1) is 17.2.